The van der Waals surface area contributed by atoms with Crippen molar-refractivity contribution in [2.24, 2.45) is 0 Å². The van der Waals surface area contributed by atoms with Gasteiger partial charge in [-0.05, 0) is 51.4 Å². The maximum absolute atomic E-state index is 11.9. The van der Waals surface area contributed by atoms with Crippen molar-refractivity contribution in [2.75, 3.05) is 19.8 Å². The average Bonchev–Trinajstić information content (AvgIpc) is 2.84. The Morgan fingerprint density at radius 1 is 0.735 bits per heavy atom. The van der Waals surface area contributed by atoms with Gasteiger partial charge in [-0.15, -0.1) is 0 Å². The summed E-state index contributed by atoms with van der Waals surface area (Å²) in [5.41, 5.74) is 0. The minimum absolute atomic E-state index is 0.186. The summed E-state index contributed by atoms with van der Waals surface area (Å²) in [4.78, 5) is 11.9. The van der Waals surface area contributed by atoms with Crippen LogP contribution in [0.5, 0.6) is 0 Å². The summed E-state index contributed by atoms with van der Waals surface area (Å²) < 4.78 is 10.9. The van der Waals surface area contributed by atoms with Crippen molar-refractivity contribution in [3.63, 3.8) is 0 Å². The fourth-order valence-electron chi connectivity index (χ4n) is 3.37. The normalized spacial score (nSPS) is 13.1. The lowest BCUT2D eigenvalue weighted by Gasteiger charge is -2.15. The quantitative estimate of drug-likeness (QED) is 0.0870. The van der Waals surface area contributed by atoms with Crippen LogP contribution in [0.25, 0.3) is 0 Å². The van der Waals surface area contributed by atoms with Crippen LogP contribution in [-0.4, -0.2) is 37.0 Å². The first-order chi connectivity index (χ1) is 16.7. The predicted octanol–water partition coefficient (Wildman–Crippen LogP) is 8.02. The fraction of sp³-hybridized carbons (Fsp3) is 0.700. The van der Waals surface area contributed by atoms with Crippen molar-refractivity contribution in [3.8, 4) is 0 Å². The Bertz CT molecular complexity index is 548. The van der Waals surface area contributed by atoms with Crippen LogP contribution in [0.3, 0.4) is 0 Å². The van der Waals surface area contributed by atoms with Crippen molar-refractivity contribution in [1.82, 2.24) is 0 Å². The molecule has 0 radical (unpaired) electrons. The number of allylic oxidation sites excluding steroid dienone is 8. The van der Waals surface area contributed by atoms with Crippen molar-refractivity contribution in [1.29, 1.82) is 0 Å². The Morgan fingerprint density at radius 3 is 1.97 bits per heavy atom. The van der Waals surface area contributed by atoms with E-state index in [4.69, 9.17) is 9.47 Å². The number of hydrogen-bond acceptors (Lipinski definition) is 4. The van der Waals surface area contributed by atoms with E-state index < -0.39 is 6.10 Å². The zero-order valence-electron chi connectivity index (χ0n) is 22.1. The number of esters is 1. The van der Waals surface area contributed by atoms with Crippen LogP contribution in [0.1, 0.15) is 110 Å². The summed E-state index contributed by atoms with van der Waals surface area (Å²) in [7, 11) is 0. The second-order valence-corrected chi connectivity index (χ2v) is 8.74. The van der Waals surface area contributed by atoms with Gasteiger partial charge in [-0.3, -0.25) is 4.79 Å². The van der Waals surface area contributed by atoms with Gasteiger partial charge in [0.15, 0.2) is 0 Å². The Morgan fingerprint density at radius 2 is 1.32 bits per heavy atom. The molecule has 196 valence electrons. The van der Waals surface area contributed by atoms with Crippen LogP contribution in [0, 0.1) is 0 Å². The number of aliphatic hydroxyl groups is 1. The maximum Gasteiger partial charge on any atom is 0.306 e. The smallest absolute Gasteiger partial charge is 0.306 e. The molecule has 0 aromatic rings. The van der Waals surface area contributed by atoms with E-state index in [1.54, 1.807) is 0 Å². The molecule has 34 heavy (non-hydrogen) atoms. The maximum atomic E-state index is 11.9. The van der Waals surface area contributed by atoms with Crippen molar-refractivity contribution in [2.45, 2.75) is 116 Å². The number of rotatable bonds is 24. The molecule has 0 aliphatic heterocycles. The molecule has 0 saturated carbocycles. The molecular formula is C30H52O4. The van der Waals surface area contributed by atoms with Gasteiger partial charge in [-0.25, -0.2) is 0 Å². The molecule has 4 nitrogen and oxygen atoms in total. The topological polar surface area (TPSA) is 55.8 Å². The lowest BCUT2D eigenvalue weighted by molar-refractivity contribution is -0.154. The molecule has 0 spiro atoms. The van der Waals surface area contributed by atoms with Gasteiger partial charge in [0.05, 0.1) is 13.2 Å². The molecule has 1 N–H and O–H groups in total. The number of unbranched alkanes of at least 4 members (excludes halogenated alkanes) is 8. The molecule has 0 amide bonds. The fourth-order valence-corrected chi connectivity index (χ4v) is 3.37. The number of hydrogen-bond donors (Lipinski definition) is 1. The number of carbonyl (C=O) groups is 1. The SMILES string of the molecule is CC/C=C\C/C=C\C/C=C\C/C=C\CCCCCOCC(CO)OC(=O)CCCCCCCC. The average molecular weight is 477 g/mol. The highest BCUT2D eigenvalue weighted by atomic mass is 16.6. The van der Waals surface area contributed by atoms with E-state index in [2.05, 4.69) is 62.5 Å². The van der Waals surface area contributed by atoms with E-state index in [1.807, 2.05) is 0 Å². The van der Waals surface area contributed by atoms with E-state index in [9.17, 15) is 9.90 Å². The Kier molecular flexibility index (Phi) is 26.3. The third-order valence-electron chi connectivity index (χ3n) is 5.42. The first kappa shape index (κ1) is 32.4. The summed E-state index contributed by atoms with van der Waals surface area (Å²) in [6, 6.07) is 0. The van der Waals surface area contributed by atoms with Gasteiger partial charge in [0.2, 0.25) is 0 Å². The molecule has 0 aromatic carbocycles. The first-order valence-electron chi connectivity index (χ1n) is 13.7. The van der Waals surface area contributed by atoms with Gasteiger partial charge in [-0.2, -0.15) is 0 Å². The van der Waals surface area contributed by atoms with Crippen molar-refractivity contribution >= 4 is 5.97 Å². The molecule has 1 unspecified atom stereocenters. The number of aliphatic hydroxyl groups excluding tert-OH is 1. The van der Waals surface area contributed by atoms with Gasteiger partial charge < -0.3 is 14.6 Å². The monoisotopic (exact) mass is 476 g/mol. The van der Waals surface area contributed by atoms with E-state index in [0.29, 0.717) is 13.0 Å². The lowest BCUT2D eigenvalue weighted by atomic mass is 10.1. The summed E-state index contributed by atoms with van der Waals surface area (Å²) in [5.74, 6) is -0.226. The standard InChI is InChI=1S/C30H52O4/c1-3-5-7-9-11-12-13-14-15-16-17-18-19-20-22-24-26-33-28-29(27-31)34-30(32)25-23-21-10-8-6-4-2/h5,7,11-12,14-15,17-18,29,31H,3-4,6,8-10,13,16,19-28H2,1-2H3/b7-5-,12-11-,15-14-,18-17-. The van der Waals surface area contributed by atoms with Crippen LogP contribution in [0.4, 0.5) is 0 Å². The zero-order valence-corrected chi connectivity index (χ0v) is 22.1. The van der Waals surface area contributed by atoms with E-state index >= 15 is 0 Å². The third kappa shape index (κ3) is 25.0. The van der Waals surface area contributed by atoms with Crippen LogP contribution in [-0.2, 0) is 14.3 Å². The van der Waals surface area contributed by atoms with E-state index in [-0.39, 0.29) is 19.2 Å². The Balaban J connectivity index is 3.56. The predicted molar refractivity (Wildman–Crippen MR) is 145 cm³/mol. The molecule has 0 saturated heterocycles. The van der Waals surface area contributed by atoms with Gasteiger partial charge in [0, 0.05) is 13.0 Å². The number of ether oxygens (including phenoxy) is 2. The molecule has 4 heteroatoms. The zero-order chi connectivity index (χ0) is 25.0. The molecule has 0 aliphatic rings. The van der Waals surface area contributed by atoms with Crippen LogP contribution in [0.2, 0.25) is 0 Å². The van der Waals surface area contributed by atoms with Gasteiger partial charge in [-0.1, -0.05) is 101 Å². The first-order valence-corrected chi connectivity index (χ1v) is 13.7. The highest BCUT2D eigenvalue weighted by molar-refractivity contribution is 5.69. The molecule has 0 aliphatic carbocycles. The molecule has 0 aromatic heterocycles. The molecule has 1 atom stereocenters. The summed E-state index contributed by atoms with van der Waals surface area (Å²) in [5, 5.41) is 9.41. The van der Waals surface area contributed by atoms with Crippen LogP contribution < -0.4 is 0 Å². The minimum atomic E-state index is -0.544. The molecule has 0 bridgehead atoms. The van der Waals surface area contributed by atoms with Crippen molar-refractivity contribution < 1.29 is 19.4 Å². The Hall–Kier alpha value is -1.65. The molecule has 0 fully saturated rings. The summed E-state index contributed by atoms with van der Waals surface area (Å²) >= 11 is 0. The second-order valence-electron chi connectivity index (χ2n) is 8.74. The molecule has 0 rings (SSSR count). The summed E-state index contributed by atoms with van der Waals surface area (Å²) in [6.07, 6.45) is 32.9. The lowest BCUT2D eigenvalue weighted by Crippen LogP contribution is -2.27. The van der Waals surface area contributed by atoms with Crippen LogP contribution in [0.15, 0.2) is 48.6 Å². The van der Waals surface area contributed by atoms with E-state index in [0.717, 1.165) is 64.2 Å². The van der Waals surface area contributed by atoms with Crippen molar-refractivity contribution in [3.05, 3.63) is 48.6 Å². The molecule has 0 heterocycles. The largest absolute Gasteiger partial charge is 0.457 e. The van der Waals surface area contributed by atoms with Gasteiger partial charge in [0.1, 0.15) is 6.10 Å². The van der Waals surface area contributed by atoms with E-state index in [1.165, 1.54) is 25.7 Å². The number of carbonyl (C=O) groups excluding carboxylic acids is 1. The minimum Gasteiger partial charge on any atom is -0.457 e. The summed E-state index contributed by atoms with van der Waals surface area (Å²) in [6.45, 7) is 5.07. The highest BCUT2D eigenvalue weighted by Gasteiger charge is 2.13. The third-order valence-corrected chi connectivity index (χ3v) is 5.42. The highest BCUT2D eigenvalue weighted by Crippen LogP contribution is 2.09. The van der Waals surface area contributed by atoms with Crippen LogP contribution >= 0.6 is 0 Å². The Labute approximate surface area is 210 Å². The molecular weight excluding hydrogens is 424 g/mol. The van der Waals surface area contributed by atoms with Gasteiger partial charge in [0.25, 0.3) is 0 Å². The van der Waals surface area contributed by atoms with Gasteiger partial charge >= 0.3 is 5.97 Å². The second kappa shape index (κ2) is 27.6.